The molecule has 0 aliphatic rings. The Balaban J connectivity index is 2.15. The highest BCUT2D eigenvalue weighted by atomic mass is 35.5. The molecule has 0 aliphatic heterocycles. The van der Waals surface area contributed by atoms with Gasteiger partial charge in [-0.15, -0.1) is 0 Å². The molecule has 0 saturated carbocycles. The number of urea groups is 1. The molecular weight excluding hydrogens is 331 g/mol. The summed E-state index contributed by atoms with van der Waals surface area (Å²) in [5.41, 5.74) is 0.570. The van der Waals surface area contributed by atoms with Crippen molar-refractivity contribution in [3.05, 3.63) is 64.1 Å². The van der Waals surface area contributed by atoms with Gasteiger partial charge in [0.2, 0.25) is 0 Å². The smallest absolute Gasteiger partial charge is 0.273 e. The molecule has 0 fully saturated rings. The zero-order valence-electron chi connectivity index (χ0n) is 10.6. The van der Waals surface area contributed by atoms with Gasteiger partial charge in [-0.2, -0.15) is 0 Å². The average Bonchev–Trinajstić information content (AvgIpc) is 2.47. The Morgan fingerprint density at radius 2 is 1.52 bits per heavy atom. The van der Waals surface area contributed by atoms with Gasteiger partial charge in [-0.25, -0.2) is 9.10 Å². The maximum Gasteiger partial charge on any atom is 0.338 e. The van der Waals surface area contributed by atoms with E-state index in [1.807, 2.05) is 0 Å². The number of carbonyl (C=O) groups is 2. The second-order valence-corrected chi connectivity index (χ2v) is 5.22. The summed E-state index contributed by atoms with van der Waals surface area (Å²) in [6.07, 6.45) is 0. The first kappa shape index (κ1) is 15.7. The molecule has 7 heteroatoms. The number of nitrogens with zero attached hydrogens (tertiary/aromatic N) is 1. The van der Waals surface area contributed by atoms with E-state index >= 15 is 0 Å². The van der Waals surface area contributed by atoms with E-state index in [-0.39, 0.29) is 15.7 Å². The van der Waals surface area contributed by atoms with Crippen molar-refractivity contribution in [2.24, 2.45) is 0 Å². The average molecular weight is 341 g/mol. The van der Waals surface area contributed by atoms with E-state index in [9.17, 15) is 9.59 Å². The molecule has 0 bridgehead atoms. The predicted molar refractivity (Wildman–Crippen MR) is 87.2 cm³/mol. The van der Waals surface area contributed by atoms with Crippen molar-refractivity contribution in [3.63, 3.8) is 0 Å². The van der Waals surface area contributed by atoms with Crippen LogP contribution in [0.15, 0.2) is 48.5 Å². The van der Waals surface area contributed by atoms with E-state index in [0.717, 1.165) is 4.31 Å². The van der Waals surface area contributed by atoms with Crippen LogP contribution in [0.4, 0.5) is 10.5 Å². The molecule has 21 heavy (non-hydrogen) atoms. The lowest BCUT2D eigenvalue weighted by molar-refractivity contribution is 0.0966. The highest BCUT2D eigenvalue weighted by molar-refractivity contribution is 7.82. The summed E-state index contributed by atoms with van der Waals surface area (Å²) in [7, 11) is 0. The van der Waals surface area contributed by atoms with Crippen LogP contribution >= 0.6 is 36.0 Å². The van der Waals surface area contributed by atoms with Gasteiger partial charge in [0, 0.05) is 5.56 Å². The number of nitrogens with one attached hydrogen (secondary N) is 1. The van der Waals surface area contributed by atoms with E-state index in [1.54, 1.807) is 48.5 Å². The number of imide groups is 1. The highest BCUT2D eigenvalue weighted by Gasteiger charge is 2.20. The number of rotatable bonds is 2. The van der Waals surface area contributed by atoms with Crippen molar-refractivity contribution in [2.45, 2.75) is 0 Å². The largest absolute Gasteiger partial charge is 0.338 e. The number of halogens is 2. The first-order valence-electron chi connectivity index (χ1n) is 5.84. The summed E-state index contributed by atoms with van der Waals surface area (Å²) in [6.45, 7) is 0. The summed E-state index contributed by atoms with van der Waals surface area (Å²) >= 11 is 16.0. The normalized spacial score (nSPS) is 10.0. The van der Waals surface area contributed by atoms with Crippen LogP contribution in [0, 0.1) is 0 Å². The molecule has 0 unspecified atom stereocenters. The maximum absolute atomic E-state index is 12.0. The zero-order chi connectivity index (χ0) is 15.4. The molecule has 0 atom stereocenters. The Morgan fingerprint density at radius 1 is 0.952 bits per heavy atom. The van der Waals surface area contributed by atoms with Crippen molar-refractivity contribution >= 4 is 53.6 Å². The number of hydrogen-bond acceptors (Lipinski definition) is 3. The van der Waals surface area contributed by atoms with Gasteiger partial charge in [-0.1, -0.05) is 60.3 Å². The number of para-hydroxylation sites is 1. The molecule has 2 rings (SSSR count). The third-order valence-electron chi connectivity index (χ3n) is 2.60. The number of thiol groups is 1. The molecule has 0 saturated heterocycles. The minimum Gasteiger partial charge on any atom is -0.273 e. The van der Waals surface area contributed by atoms with Crippen LogP contribution in [0.1, 0.15) is 10.4 Å². The predicted octanol–water partition coefficient (Wildman–Crippen LogP) is 4.19. The highest BCUT2D eigenvalue weighted by Crippen LogP contribution is 2.34. The van der Waals surface area contributed by atoms with Gasteiger partial charge in [0.15, 0.2) is 0 Å². The second kappa shape index (κ2) is 6.85. The lowest BCUT2D eigenvalue weighted by atomic mass is 10.2. The lowest BCUT2D eigenvalue weighted by Gasteiger charge is -2.18. The quantitative estimate of drug-likeness (QED) is 0.805. The molecule has 0 aromatic heterocycles. The van der Waals surface area contributed by atoms with Crippen LogP contribution in [0.25, 0.3) is 0 Å². The number of carbonyl (C=O) groups excluding carboxylic acids is 2. The van der Waals surface area contributed by atoms with Crippen molar-refractivity contribution in [3.8, 4) is 0 Å². The van der Waals surface area contributed by atoms with Crippen LogP contribution in [0.3, 0.4) is 0 Å². The van der Waals surface area contributed by atoms with Crippen molar-refractivity contribution < 1.29 is 9.59 Å². The first-order chi connectivity index (χ1) is 10.0. The van der Waals surface area contributed by atoms with Crippen molar-refractivity contribution in [2.75, 3.05) is 4.31 Å². The number of benzene rings is 2. The number of hydrogen-bond donors (Lipinski definition) is 2. The molecule has 0 heterocycles. The van der Waals surface area contributed by atoms with E-state index in [0.29, 0.717) is 5.56 Å². The minimum atomic E-state index is -0.748. The Bertz CT molecular complexity index is 660. The van der Waals surface area contributed by atoms with Crippen molar-refractivity contribution in [1.82, 2.24) is 5.32 Å². The summed E-state index contributed by atoms with van der Waals surface area (Å²) in [4.78, 5) is 23.9. The number of amides is 3. The van der Waals surface area contributed by atoms with Gasteiger partial charge >= 0.3 is 6.03 Å². The number of anilines is 1. The molecule has 4 nitrogen and oxygen atoms in total. The van der Waals surface area contributed by atoms with Crippen molar-refractivity contribution in [1.29, 1.82) is 0 Å². The standard InChI is InChI=1S/C14H10Cl2N2O2S/c15-10-7-4-8-11(16)12(10)18(21)14(20)17-13(19)9-5-2-1-3-6-9/h1-8,21H,(H,17,19,20). The van der Waals surface area contributed by atoms with Gasteiger partial charge in [0.05, 0.1) is 15.7 Å². The topological polar surface area (TPSA) is 49.4 Å². The fourth-order valence-corrected chi connectivity index (χ4v) is 2.55. The first-order valence-corrected chi connectivity index (χ1v) is 6.99. The SMILES string of the molecule is O=C(NC(=O)N(S)c1c(Cl)cccc1Cl)c1ccccc1. The Morgan fingerprint density at radius 3 is 2.10 bits per heavy atom. The molecular formula is C14H10Cl2N2O2S. The maximum atomic E-state index is 12.0. The summed E-state index contributed by atoms with van der Waals surface area (Å²) in [5, 5.41) is 2.70. The molecule has 0 aliphatic carbocycles. The van der Waals surface area contributed by atoms with Gasteiger partial charge in [-0.3, -0.25) is 10.1 Å². The fraction of sp³-hybridized carbons (Fsp3) is 0. The van der Waals surface area contributed by atoms with Crippen LogP contribution in [-0.2, 0) is 0 Å². The van der Waals surface area contributed by atoms with E-state index in [2.05, 4.69) is 18.1 Å². The van der Waals surface area contributed by atoms with Crippen LogP contribution < -0.4 is 9.62 Å². The van der Waals surface area contributed by atoms with E-state index in [4.69, 9.17) is 23.2 Å². The summed E-state index contributed by atoms with van der Waals surface area (Å²) < 4.78 is 0.894. The molecule has 2 aromatic carbocycles. The molecule has 2 aromatic rings. The third-order valence-corrected chi connectivity index (χ3v) is 3.59. The third kappa shape index (κ3) is 3.69. The molecule has 0 spiro atoms. The van der Waals surface area contributed by atoms with Crippen LogP contribution in [0.5, 0.6) is 0 Å². The summed E-state index contributed by atoms with van der Waals surface area (Å²) in [5.74, 6) is -0.539. The molecule has 108 valence electrons. The van der Waals surface area contributed by atoms with E-state index in [1.165, 1.54) is 0 Å². The molecule has 0 radical (unpaired) electrons. The Labute approximate surface area is 137 Å². The zero-order valence-corrected chi connectivity index (χ0v) is 13.0. The monoisotopic (exact) mass is 340 g/mol. The van der Waals surface area contributed by atoms with Crippen LogP contribution in [-0.4, -0.2) is 11.9 Å². The summed E-state index contributed by atoms with van der Waals surface area (Å²) in [6, 6.07) is 12.4. The molecule has 1 N–H and O–H groups in total. The van der Waals surface area contributed by atoms with Gasteiger partial charge in [-0.05, 0) is 24.3 Å². The minimum absolute atomic E-state index is 0.211. The molecule has 3 amide bonds. The van der Waals surface area contributed by atoms with Gasteiger partial charge < -0.3 is 0 Å². The van der Waals surface area contributed by atoms with Crippen LogP contribution in [0.2, 0.25) is 10.0 Å². The van der Waals surface area contributed by atoms with E-state index < -0.39 is 11.9 Å². The lowest BCUT2D eigenvalue weighted by Crippen LogP contribution is -2.38. The second-order valence-electron chi connectivity index (χ2n) is 4.01. The van der Waals surface area contributed by atoms with Gasteiger partial charge in [0.25, 0.3) is 5.91 Å². The Hall–Kier alpha value is -1.69. The Kier molecular flexibility index (Phi) is 5.12. The fourth-order valence-electron chi connectivity index (χ4n) is 1.60. The van der Waals surface area contributed by atoms with Gasteiger partial charge in [0.1, 0.15) is 0 Å².